The summed E-state index contributed by atoms with van der Waals surface area (Å²) in [6.07, 6.45) is 1.24. The minimum Gasteiger partial charge on any atom is -0.497 e. The molecule has 1 aliphatic rings. The first kappa shape index (κ1) is 17.0. The van der Waals surface area contributed by atoms with Gasteiger partial charge in [-0.25, -0.2) is 10.2 Å². The minimum atomic E-state index is -3.37. The third kappa shape index (κ3) is 3.17. The van der Waals surface area contributed by atoms with Crippen molar-refractivity contribution in [3.05, 3.63) is 24.3 Å². The Balaban J connectivity index is 2.37. The van der Waals surface area contributed by atoms with Gasteiger partial charge in [0.2, 0.25) is 0 Å². The molecule has 1 saturated heterocycles. The van der Waals surface area contributed by atoms with Crippen molar-refractivity contribution in [2.45, 2.75) is 25.8 Å². The number of ether oxygens (including phenoxy) is 1. The van der Waals surface area contributed by atoms with E-state index in [9.17, 15) is 9.36 Å². The van der Waals surface area contributed by atoms with E-state index in [-0.39, 0.29) is 6.61 Å². The number of benzene rings is 1. The highest BCUT2D eigenvalue weighted by Gasteiger charge is 2.44. The third-order valence-electron chi connectivity index (χ3n) is 3.68. The summed E-state index contributed by atoms with van der Waals surface area (Å²) in [6.45, 7) is 2.49. The second kappa shape index (κ2) is 7.24. The SMILES string of the molecule is CCOP(=O)(c1ccc(OC)cc1)N1CCC[C@@H]1C(=O)NO. The molecule has 1 aromatic carbocycles. The van der Waals surface area contributed by atoms with E-state index in [1.807, 2.05) is 0 Å². The molecule has 0 radical (unpaired) electrons. The van der Waals surface area contributed by atoms with Crippen molar-refractivity contribution >= 4 is 18.7 Å². The first-order chi connectivity index (χ1) is 10.6. The van der Waals surface area contributed by atoms with Crippen LogP contribution in [0.25, 0.3) is 0 Å². The quantitative estimate of drug-likeness (QED) is 0.468. The molecule has 1 amide bonds. The maximum Gasteiger partial charge on any atom is 0.303 e. The molecule has 1 unspecified atom stereocenters. The summed E-state index contributed by atoms with van der Waals surface area (Å²) in [5, 5.41) is 9.38. The Morgan fingerprint density at radius 1 is 1.45 bits per heavy atom. The second-order valence-corrected chi connectivity index (χ2v) is 7.26. The second-order valence-electron chi connectivity index (χ2n) is 4.93. The van der Waals surface area contributed by atoms with Crippen LogP contribution in [0.5, 0.6) is 5.75 Å². The van der Waals surface area contributed by atoms with Crippen molar-refractivity contribution in [2.24, 2.45) is 0 Å². The van der Waals surface area contributed by atoms with Crippen LogP contribution < -0.4 is 15.5 Å². The van der Waals surface area contributed by atoms with Crippen LogP contribution >= 0.6 is 7.52 Å². The summed E-state index contributed by atoms with van der Waals surface area (Å²) >= 11 is 0. The molecule has 2 atom stereocenters. The normalized spacial score (nSPS) is 21.3. The number of hydrogen-bond donors (Lipinski definition) is 2. The standard InChI is InChI=1S/C14H21N2O5P/c1-3-21-22(19,12-8-6-11(20-2)7-9-12)16-10-4-5-13(16)14(17)15-18/h6-9,13,18H,3-5,10H2,1-2H3,(H,15,17)/t13-,22?/m1/s1. The van der Waals surface area contributed by atoms with Gasteiger partial charge in [-0.15, -0.1) is 0 Å². The Bertz CT molecular complexity index is 563. The molecule has 0 aromatic heterocycles. The summed E-state index contributed by atoms with van der Waals surface area (Å²) in [7, 11) is -1.81. The maximum atomic E-state index is 13.4. The lowest BCUT2D eigenvalue weighted by Crippen LogP contribution is -2.42. The van der Waals surface area contributed by atoms with Crippen LogP contribution in [0.3, 0.4) is 0 Å². The average Bonchev–Trinajstić information content (AvgIpc) is 3.04. The number of rotatable bonds is 6. The van der Waals surface area contributed by atoms with Crippen molar-refractivity contribution in [1.82, 2.24) is 10.2 Å². The summed E-state index contributed by atoms with van der Waals surface area (Å²) in [4.78, 5) is 11.8. The minimum absolute atomic E-state index is 0.257. The number of carbonyl (C=O) groups excluding carboxylic acids is 1. The van der Waals surface area contributed by atoms with Crippen LogP contribution in [0.4, 0.5) is 0 Å². The lowest BCUT2D eigenvalue weighted by molar-refractivity contribution is -0.132. The molecule has 7 nitrogen and oxygen atoms in total. The van der Waals surface area contributed by atoms with Crippen molar-refractivity contribution in [3.63, 3.8) is 0 Å². The van der Waals surface area contributed by atoms with Crippen LogP contribution in [0, 0.1) is 0 Å². The van der Waals surface area contributed by atoms with Gasteiger partial charge >= 0.3 is 7.52 Å². The largest absolute Gasteiger partial charge is 0.497 e. The maximum absolute atomic E-state index is 13.4. The number of nitrogens with zero attached hydrogens (tertiary/aromatic N) is 1. The van der Waals surface area contributed by atoms with E-state index in [0.29, 0.717) is 30.4 Å². The fraction of sp³-hybridized carbons (Fsp3) is 0.500. The molecule has 1 fully saturated rings. The van der Waals surface area contributed by atoms with E-state index in [1.165, 1.54) is 0 Å². The molecule has 2 N–H and O–H groups in total. The molecule has 122 valence electrons. The van der Waals surface area contributed by atoms with Gasteiger partial charge in [0.25, 0.3) is 5.91 Å². The fourth-order valence-corrected chi connectivity index (χ4v) is 5.11. The number of hydroxylamine groups is 1. The van der Waals surface area contributed by atoms with Crippen LogP contribution in [-0.4, -0.2) is 42.1 Å². The Labute approximate surface area is 129 Å². The number of carbonyl (C=O) groups is 1. The first-order valence-electron chi connectivity index (χ1n) is 7.17. The number of amides is 1. The Hall–Kier alpha value is -1.40. The molecule has 8 heteroatoms. The lowest BCUT2D eigenvalue weighted by atomic mass is 10.2. The molecule has 0 bridgehead atoms. The van der Waals surface area contributed by atoms with E-state index in [4.69, 9.17) is 14.5 Å². The number of methoxy groups -OCH3 is 1. The number of nitrogens with one attached hydrogen (secondary N) is 1. The molecule has 0 aliphatic carbocycles. The Kier molecular flexibility index (Phi) is 5.58. The zero-order chi connectivity index (χ0) is 16.2. The molecular formula is C14H21N2O5P. The average molecular weight is 328 g/mol. The topological polar surface area (TPSA) is 88.1 Å². The zero-order valence-corrected chi connectivity index (χ0v) is 13.6. The number of hydrogen-bond acceptors (Lipinski definition) is 5. The highest BCUT2D eigenvalue weighted by Crippen LogP contribution is 2.53. The van der Waals surface area contributed by atoms with Gasteiger partial charge in [-0.1, -0.05) is 0 Å². The Morgan fingerprint density at radius 3 is 2.68 bits per heavy atom. The lowest BCUT2D eigenvalue weighted by Gasteiger charge is -2.31. The van der Waals surface area contributed by atoms with Gasteiger partial charge in [0.15, 0.2) is 0 Å². The van der Waals surface area contributed by atoms with Crippen LogP contribution in [0.1, 0.15) is 19.8 Å². The zero-order valence-electron chi connectivity index (χ0n) is 12.7. The predicted molar refractivity (Wildman–Crippen MR) is 81.5 cm³/mol. The smallest absolute Gasteiger partial charge is 0.303 e. The summed E-state index contributed by atoms with van der Waals surface area (Å²) in [6, 6.07) is 6.11. The van der Waals surface area contributed by atoms with Crippen molar-refractivity contribution < 1.29 is 23.8 Å². The van der Waals surface area contributed by atoms with E-state index in [2.05, 4.69) is 0 Å². The third-order valence-corrected chi connectivity index (χ3v) is 6.39. The molecule has 1 aliphatic heterocycles. The van der Waals surface area contributed by atoms with Crippen LogP contribution in [-0.2, 0) is 13.9 Å². The fourth-order valence-electron chi connectivity index (χ4n) is 2.65. The van der Waals surface area contributed by atoms with Crippen molar-refractivity contribution in [2.75, 3.05) is 20.3 Å². The van der Waals surface area contributed by atoms with Gasteiger partial charge in [-0.3, -0.25) is 14.6 Å². The van der Waals surface area contributed by atoms with Gasteiger partial charge in [0.05, 0.1) is 25.1 Å². The van der Waals surface area contributed by atoms with Gasteiger partial charge in [0.1, 0.15) is 5.75 Å². The van der Waals surface area contributed by atoms with E-state index >= 15 is 0 Å². The predicted octanol–water partition coefficient (Wildman–Crippen LogP) is 1.52. The first-order valence-corrected chi connectivity index (χ1v) is 8.74. The highest BCUT2D eigenvalue weighted by atomic mass is 31.2. The van der Waals surface area contributed by atoms with Gasteiger partial charge in [0, 0.05) is 6.54 Å². The van der Waals surface area contributed by atoms with Gasteiger partial charge < -0.3 is 9.26 Å². The Morgan fingerprint density at radius 2 is 2.14 bits per heavy atom. The highest BCUT2D eigenvalue weighted by molar-refractivity contribution is 7.64. The van der Waals surface area contributed by atoms with Crippen molar-refractivity contribution in [3.8, 4) is 5.75 Å². The summed E-state index contributed by atoms with van der Waals surface area (Å²) < 4.78 is 25.7. The molecule has 0 saturated carbocycles. The molecule has 22 heavy (non-hydrogen) atoms. The molecular weight excluding hydrogens is 307 g/mol. The summed E-state index contributed by atoms with van der Waals surface area (Å²) in [5.41, 5.74) is 1.64. The molecule has 2 rings (SSSR count). The van der Waals surface area contributed by atoms with Gasteiger partial charge in [-0.05, 0) is 44.0 Å². The molecule has 1 heterocycles. The van der Waals surface area contributed by atoms with Crippen molar-refractivity contribution in [1.29, 1.82) is 0 Å². The summed E-state index contributed by atoms with van der Waals surface area (Å²) in [5.74, 6) is 0.0869. The van der Waals surface area contributed by atoms with E-state index in [0.717, 1.165) is 0 Å². The molecule has 1 aromatic rings. The van der Waals surface area contributed by atoms with Crippen LogP contribution in [0.15, 0.2) is 24.3 Å². The molecule has 0 spiro atoms. The van der Waals surface area contributed by atoms with Crippen LogP contribution in [0.2, 0.25) is 0 Å². The van der Waals surface area contributed by atoms with E-state index < -0.39 is 19.5 Å². The van der Waals surface area contributed by atoms with E-state index in [1.54, 1.807) is 48.4 Å². The van der Waals surface area contributed by atoms with Gasteiger partial charge in [-0.2, -0.15) is 0 Å². The monoisotopic (exact) mass is 328 g/mol.